The molecule has 2 amide bonds. The fraction of sp³-hybridized carbons (Fsp3) is 0.118. The van der Waals surface area contributed by atoms with Crippen molar-refractivity contribution in [1.29, 1.82) is 0 Å². The highest BCUT2D eigenvalue weighted by Crippen LogP contribution is 2.31. The van der Waals surface area contributed by atoms with Gasteiger partial charge in [-0.05, 0) is 23.8 Å². The summed E-state index contributed by atoms with van der Waals surface area (Å²) >= 11 is 7.49. The van der Waals surface area contributed by atoms with Gasteiger partial charge >= 0.3 is 5.97 Å². The van der Waals surface area contributed by atoms with Crippen LogP contribution in [0.25, 0.3) is 6.08 Å². The molecule has 3 rings (SSSR count). The number of carbonyl (C=O) groups excluding carboxylic acids is 2. The van der Waals surface area contributed by atoms with Gasteiger partial charge in [-0.25, -0.2) is 4.98 Å². The average Bonchev–Trinajstić information content (AvgIpc) is 3.15. The lowest BCUT2D eigenvalue weighted by Crippen LogP contribution is -2.22. The molecule has 2 N–H and O–H groups in total. The Morgan fingerprint density at radius 2 is 2.04 bits per heavy atom. The number of carboxylic acids is 1. The number of rotatable bonds is 5. The number of thiocarbonyl (C=S) groups is 1. The van der Waals surface area contributed by atoms with E-state index in [-0.39, 0.29) is 18.2 Å². The number of nitrogens with zero attached hydrogens (tertiary/aromatic N) is 2. The van der Waals surface area contributed by atoms with Crippen LogP contribution >= 0.6 is 35.3 Å². The Hall–Kier alpha value is -2.56. The molecule has 138 valence electrons. The summed E-state index contributed by atoms with van der Waals surface area (Å²) in [6.45, 7) is 0. The second-order valence-corrected chi connectivity index (χ2v) is 8.07. The van der Waals surface area contributed by atoms with E-state index < -0.39 is 5.97 Å². The van der Waals surface area contributed by atoms with Gasteiger partial charge in [0.25, 0.3) is 11.8 Å². The zero-order chi connectivity index (χ0) is 19.6. The molecule has 0 spiro atoms. The number of aliphatic carboxylic acids is 1. The average molecular weight is 420 g/mol. The Balaban J connectivity index is 1.67. The first-order valence-electron chi connectivity index (χ1n) is 7.62. The predicted octanol–water partition coefficient (Wildman–Crippen LogP) is 2.85. The molecule has 7 nitrogen and oxygen atoms in total. The van der Waals surface area contributed by atoms with Crippen molar-refractivity contribution in [2.45, 2.75) is 6.42 Å². The van der Waals surface area contributed by atoms with Gasteiger partial charge in [0.2, 0.25) is 0 Å². The summed E-state index contributed by atoms with van der Waals surface area (Å²) in [5.41, 5.74) is 1.59. The monoisotopic (exact) mass is 419 g/mol. The molecule has 1 aliphatic heterocycles. The number of thioether (sulfide) groups is 1. The number of hydrogen-bond acceptors (Lipinski definition) is 7. The van der Waals surface area contributed by atoms with Crippen molar-refractivity contribution in [2.24, 2.45) is 0 Å². The summed E-state index contributed by atoms with van der Waals surface area (Å²) in [5.74, 6) is -1.47. The van der Waals surface area contributed by atoms with E-state index >= 15 is 0 Å². The second kappa shape index (κ2) is 7.99. The standard InChI is InChI=1S/C17H13N3O4S3/c1-20-15(24)12(27-17(20)25)6-9-2-4-10(5-3-9)14(23)19-16-18-11(8-26-16)7-13(21)22/h2-6,8H,7H2,1H3,(H,21,22)(H,18,19,23)/b12-6-. The van der Waals surface area contributed by atoms with Crippen LogP contribution in [-0.4, -0.2) is 44.1 Å². The van der Waals surface area contributed by atoms with Crippen LogP contribution in [0.15, 0.2) is 34.6 Å². The van der Waals surface area contributed by atoms with Gasteiger partial charge in [-0.1, -0.05) is 36.1 Å². The molecular weight excluding hydrogens is 406 g/mol. The number of carbonyl (C=O) groups is 3. The van der Waals surface area contributed by atoms with E-state index in [1.807, 2.05) is 0 Å². The van der Waals surface area contributed by atoms with E-state index in [9.17, 15) is 14.4 Å². The van der Waals surface area contributed by atoms with E-state index in [0.717, 1.165) is 5.56 Å². The maximum absolute atomic E-state index is 12.3. The summed E-state index contributed by atoms with van der Waals surface area (Å²) in [6, 6.07) is 6.74. The van der Waals surface area contributed by atoms with E-state index in [0.29, 0.717) is 25.6 Å². The number of anilines is 1. The van der Waals surface area contributed by atoms with Gasteiger partial charge < -0.3 is 5.11 Å². The lowest BCUT2D eigenvalue weighted by molar-refractivity contribution is -0.136. The predicted molar refractivity (Wildman–Crippen MR) is 109 cm³/mol. The van der Waals surface area contributed by atoms with Gasteiger partial charge in [-0.15, -0.1) is 11.3 Å². The molecule has 2 heterocycles. The van der Waals surface area contributed by atoms with Gasteiger partial charge in [0.15, 0.2) is 5.13 Å². The molecule has 1 aromatic carbocycles. The highest BCUT2D eigenvalue weighted by Gasteiger charge is 2.28. The van der Waals surface area contributed by atoms with E-state index in [1.54, 1.807) is 42.8 Å². The number of amides is 2. The van der Waals surface area contributed by atoms with Crippen LogP contribution < -0.4 is 5.32 Å². The molecule has 1 fully saturated rings. The van der Waals surface area contributed by atoms with Crippen molar-refractivity contribution in [3.63, 3.8) is 0 Å². The minimum Gasteiger partial charge on any atom is -0.481 e. The number of nitrogens with one attached hydrogen (secondary N) is 1. The summed E-state index contributed by atoms with van der Waals surface area (Å²) < 4.78 is 0.507. The number of thiazole rings is 1. The molecule has 0 aliphatic carbocycles. The molecule has 1 aromatic heterocycles. The minimum atomic E-state index is -0.978. The van der Waals surface area contributed by atoms with Crippen LogP contribution in [-0.2, 0) is 16.0 Å². The number of benzene rings is 1. The second-order valence-electron chi connectivity index (χ2n) is 5.53. The van der Waals surface area contributed by atoms with Crippen LogP contribution in [0.4, 0.5) is 5.13 Å². The van der Waals surface area contributed by atoms with Crippen molar-refractivity contribution in [3.8, 4) is 0 Å². The first-order chi connectivity index (χ1) is 12.8. The molecule has 0 atom stereocenters. The van der Waals surface area contributed by atoms with Crippen molar-refractivity contribution in [1.82, 2.24) is 9.88 Å². The molecule has 1 aliphatic rings. The lowest BCUT2D eigenvalue weighted by Gasteiger charge is -2.04. The fourth-order valence-corrected chi connectivity index (χ4v) is 4.08. The smallest absolute Gasteiger partial charge is 0.309 e. The number of aromatic nitrogens is 1. The quantitative estimate of drug-likeness (QED) is 0.568. The third-order valence-corrected chi connectivity index (χ3v) is 5.85. The van der Waals surface area contributed by atoms with Gasteiger partial charge in [0, 0.05) is 18.0 Å². The highest BCUT2D eigenvalue weighted by atomic mass is 32.2. The Labute approximate surface area is 168 Å². The van der Waals surface area contributed by atoms with E-state index in [2.05, 4.69) is 10.3 Å². The Bertz CT molecular complexity index is 966. The van der Waals surface area contributed by atoms with Crippen LogP contribution in [0.3, 0.4) is 0 Å². The molecule has 10 heteroatoms. The third kappa shape index (κ3) is 4.59. The summed E-state index contributed by atoms with van der Waals surface area (Å²) in [7, 11) is 1.63. The number of likely N-dealkylation sites (N-methyl/N-ethyl adjacent to an activating group) is 1. The molecular formula is C17H13N3O4S3. The number of hydrogen-bond donors (Lipinski definition) is 2. The first kappa shape index (κ1) is 19.2. The Kier molecular flexibility index (Phi) is 5.68. The fourth-order valence-electron chi connectivity index (χ4n) is 2.20. The van der Waals surface area contributed by atoms with Crippen molar-refractivity contribution < 1.29 is 19.5 Å². The van der Waals surface area contributed by atoms with Crippen LogP contribution in [0.2, 0.25) is 0 Å². The van der Waals surface area contributed by atoms with Gasteiger partial charge in [-0.3, -0.25) is 24.6 Å². The third-order valence-electron chi connectivity index (χ3n) is 3.56. The molecule has 0 unspecified atom stereocenters. The van der Waals surface area contributed by atoms with Crippen LogP contribution in [0.1, 0.15) is 21.6 Å². The summed E-state index contributed by atoms with van der Waals surface area (Å²) in [5, 5.41) is 13.3. The minimum absolute atomic E-state index is 0.146. The van der Waals surface area contributed by atoms with Crippen molar-refractivity contribution in [2.75, 3.05) is 12.4 Å². The van der Waals surface area contributed by atoms with Crippen LogP contribution in [0.5, 0.6) is 0 Å². The van der Waals surface area contributed by atoms with E-state index in [1.165, 1.54) is 28.0 Å². The molecule has 0 radical (unpaired) electrons. The van der Waals surface area contributed by atoms with Gasteiger partial charge in [0.05, 0.1) is 17.0 Å². The maximum atomic E-state index is 12.3. The first-order valence-corrected chi connectivity index (χ1v) is 9.73. The topological polar surface area (TPSA) is 99.6 Å². The lowest BCUT2D eigenvalue weighted by atomic mass is 10.1. The Morgan fingerprint density at radius 1 is 1.33 bits per heavy atom. The highest BCUT2D eigenvalue weighted by molar-refractivity contribution is 8.26. The Morgan fingerprint density at radius 3 is 2.63 bits per heavy atom. The molecule has 27 heavy (non-hydrogen) atoms. The molecule has 2 aromatic rings. The van der Waals surface area contributed by atoms with Gasteiger partial charge in [0.1, 0.15) is 4.32 Å². The van der Waals surface area contributed by atoms with Gasteiger partial charge in [-0.2, -0.15) is 0 Å². The van der Waals surface area contributed by atoms with Crippen molar-refractivity contribution >= 4 is 68.6 Å². The summed E-state index contributed by atoms with van der Waals surface area (Å²) in [6.07, 6.45) is 1.54. The largest absolute Gasteiger partial charge is 0.481 e. The maximum Gasteiger partial charge on any atom is 0.309 e. The summed E-state index contributed by atoms with van der Waals surface area (Å²) in [4.78, 5) is 41.0. The SMILES string of the molecule is CN1C(=O)/C(=C/c2ccc(C(=O)Nc3nc(CC(=O)O)cs3)cc2)SC1=S. The zero-order valence-corrected chi connectivity index (χ0v) is 16.4. The molecule has 1 saturated heterocycles. The zero-order valence-electron chi connectivity index (χ0n) is 14.0. The molecule has 0 bridgehead atoms. The molecule has 0 saturated carbocycles. The van der Waals surface area contributed by atoms with E-state index in [4.69, 9.17) is 17.3 Å². The van der Waals surface area contributed by atoms with Crippen molar-refractivity contribution in [3.05, 3.63) is 51.4 Å². The number of carboxylic acid groups (broad SMARTS) is 1. The normalized spacial score (nSPS) is 15.4. The van der Waals surface area contributed by atoms with Crippen LogP contribution in [0, 0.1) is 0 Å².